The molecule has 0 aliphatic heterocycles. The predicted molar refractivity (Wildman–Crippen MR) is 83.8 cm³/mol. The van der Waals surface area contributed by atoms with E-state index in [2.05, 4.69) is 26.1 Å². The number of hydrogen-bond donors (Lipinski definition) is 1. The van der Waals surface area contributed by atoms with Gasteiger partial charge in [-0.2, -0.15) is 0 Å². The summed E-state index contributed by atoms with van der Waals surface area (Å²) in [6, 6.07) is 5.55. The van der Waals surface area contributed by atoms with Crippen molar-refractivity contribution in [2.75, 3.05) is 13.7 Å². The average Bonchev–Trinajstić information content (AvgIpc) is 2.80. The standard InChI is InChI=1S/C17H23NO3/c1-10(2)11(3)9-18-17(19)16-12(4)14-8-13(20-5)6-7-15(14)21-16/h6-8,10-11H,9H2,1-5H3,(H,18,19)/t11-/m0/s1. The lowest BCUT2D eigenvalue weighted by Crippen LogP contribution is -2.30. The fraction of sp³-hybridized carbons (Fsp3) is 0.471. The minimum absolute atomic E-state index is 0.157. The van der Waals surface area contributed by atoms with Crippen molar-refractivity contribution < 1.29 is 13.9 Å². The molecular formula is C17H23NO3. The quantitative estimate of drug-likeness (QED) is 0.911. The van der Waals surface area contributed by atoms with E-state index in [1.807, 2.05) is 25.1 Å². The van der Waals surface area contributed by atoms with Crippen LogP contribution in [-0.2, 0) is 0 Å². The van der Waals surface area contributed by atoms with Crippen molar-refractivity contribution in [3.8, 4) is 5.75 Å². The molecule has 0 saturated carbocycles. The molecule has 0 unspecified atom stereocenters. The molecule has 114 valence electrons. The fourth-order valence-corrected chi connectivity index (χ4v) is 2.11. The number of benzene rings is 1. The summed E-state index contributed by atoms with van der Waals surface area (Å²) in [6.45, 7) is 8.97. The largest absolute Gasteiger partial charge is 0.497 e. The molecule has 1 aromatic carbocycles. The lowest BCUT2D eigenvalue weighted by Gasteiger charge is -2.15. The molecule has 0 spiro atoms. The van der Waals surface area contributed by atoms with Crippen LogP contribution in [0.2, 0.25) is 0 Å². The number of nitrogens with one attached hydrogen (secondary N) is 1. The van der Waals surface area contributed by atoms with Crippen molar-refractivity contribution in [2.24, 2.45) is 11.8 Å². The predicted octanol–water partition coefficient (Wildman–Crippen LogP) is 3.77. The summed E-state index contributed by atoms with van der Waals surface area (Å²) in [5, 5.41) is 3.86. The normalized spacial score (nSPS) is 12.7. The Morgan fingerprint density at radius 3 is 2.67 bits per heavy atom. The zero-order valence-electron chi connectivity index (χ0n) is 13.3. The van der Waals surface area contributed by atoms with Crippen LogP contribution in [0.5, 0.6) is 5.75 Å². The third-order valence-corrected chi connectivity index (χ3v) is 4.07. The minimum atomic E-state index is -0.157. The van der Waals surface area contributed by atoms with Gasteiger partial charge in [-0.05, 0) is 37.0 Å². The molecule has 1 aromatic heterocycles. The molecule has 1 heterocycles. The molecule has 0 saturated heterocycles. The van der Waals surface area contributed by atoms with E-state index >= 15 is 0 Å². The highest BCUT2D eigenvalue weighted by molar-refractivity contribution is 5.99. The van der Waals surface area contributed by atoms with E-state index in [0.717, 1.165) is 16.7 Å². The Labute approximate surface area is 125 Å². The van der Waals surface area contributed by atoms with Gasteiger partial charge in [-0.1, -0.05) is 20.8 Å². The Hall–Kier alpha value is -1.97. The smallest absolute Gasteiger partial charge is 0.287 e. The van der Waals surface area contributed by atoms with E-state index in [-0.39, 0.29) is 5.91 Å². The number of furan rings is 1. The Kier molecular flexibility index (Phi) is 4.56. The van der Waals surface area contributed by atoms with Crippen LogP contribution in [0.15, 0.2) is 22.6 Å². The molecule has 4 nitrogen and oxygen atoms in total. The Bertz CT molecular complexity index is 643. The molecule has 0 aliphatic rings. The van der Waals surface area contributed by atoms with Gasteiger partial charge in [0.25, 0.3) is 5.91 Å². The highest BCUT2D eigenvalue weighted by Gasteiger charge is 2.19. The molecule has 1 amide bonds. The van der Waals surface area contributed by atoms with Gasteiger partial charge in [0.15, 0.2) is 5.76 Å². The van der Waals surface area contributed by atoms with E-state index in [9.17, 15) is 4.79 Å². The van der Waals surface area contributed by atoms with Gasteiger partial charge in [-0.25, -0.2) is 0 Å². The number of hydrogen-bond acceptors (Lipinski definition) is 3. The van der Waals surface area contributed by atoms with Gasteiger partial charge in [0.2, 0.25) is 0 Å². The summed E-state index contributed by atoms with van der Waals surface area (Å²) in [4.78, 5) is 12.3. The summed E-state index contributed by atoms with van der Waals surface area (Å²) in [5.74, 6) is 1.95. The number of fused-ring (bicyclic) bond motifs is 1. The monoisotopic (exact) mass is 289 g/mol. The van der Waals surface area contributed by atoms with Gasteiger partial charge < -0.3 is 14.5 Å². The number of carbonyl (C=O) groups is 1. The van der Waals surface area contributed by atoms with Gasteiger partial charge >= 0.3 is 0 Å². The summed E-state index contributed by atoms with van der Waals surface area (Å²) in [6.07, 6.45) is 0. The molecular weight excluding hydrogens is 266 g/mol. The Morgan fingerprint density at radius 2 is 2.05 bits per heavy atom. The lowest BCUT2D eigenvalue weighted by molar-refractivity contribution is 0.0918. The van der Waals surface area contributed by atoms with Gasteiger partial charge in [-0.3, -0.25) is 4.79 Å². The van der Waals surface area contributed by atoms with Crippen LogP contribution in [0.4, 0.5) is 0 Å². The van der Waals surface area contributed by atoms with Crippen LogP contribution in [-0.4, -0.2) is 19.6 Å². The second kappa shape index (κ2) is 6.20. The Morgan fingerprint density at radius 1 is 1.33 bits per heavy atom. The van der Waals surface area contributed by atoms with Crippen molar-refractivity contribution >= 4 is 16.9 Å². The summed E-state index contributed by atoms with van der Waals surface area (Å²) in [5.41, 5.74) is 1.55. The zero-order chi connectivity index (χ0) is 15.6. The third-order valence-electron chi connectivity index (χ3n) is 4.07. The van der Waals surface area contributed by atoms with Crippen LogP contribution >= 0.6 is 0 Å². The Balaban J connectivity index is 2.21. The zero-order valence-corrected chi connectivity index (χ0v) is 13.3. The van der Waals surface area contributed by atoms with E-state index in [4.69, 9.17) is 9.15 Å². The molecule has 0 radical (unpaired) electrons. The second-order valence-electron chi connectivity index (χ2n) is 5.85. The summed E-state index contributed by atoms with van der Waals surface area (Å²) < 4.78 is 10.9. The van der Waals surface area contributed by atoms with Crippen LogP contribution in [0.25, 0.3) is 11.0 Å². The first-order valence-corrected chi connectivity index (χ1v) is 7.29. The SMILES string of the molecule is COc1ccc2oc(C(=O)NC[C@H](C)C(C)C)c(C)c2c1. The highest BCUT2D eigenvalue weighted by atomic mass is 16.5. The van der Waals surface area contributed by atoms with Gasteiger partial charge in [0.05, 0.1) is 7.11 Å². The van der Waals surface area contributed by atoms with Crippen LogP contribution in [0.3, 0.4) is 0 Å². The van der Waals surface area contributed by atoms with E-state index in [0.29, 0.717) is 29.7 Å². The first-order chi connectivity index (χ1) is 9.93. The fourth-order valence-electron chi connectivity index (χ4n) is 2.11. The highest BCUT2D eigenvalue weighted by Crippen LogP contribution is 2.28. The molecule has 0 aliphatic carbocycles. The molecule has 2 rings (SSSR count). The van der Waals surface area contributed by atoms with Crippen LogP contribution in [0, 0.1) is 18.8 Å². The summed E-state index contributed by atoms with van der Waals surface area (Å²) in [7, 11) is 1.62. The molecule has 0 bridgehead atoms. The minimum Gasteiger partial charge on any atom is -0.497 e. The van der Waals surface area contributed by atoms with Crippen molar-refractivity contribution in [1.29, 1.82) is 0 Å². The van der Waals surface area contributed by atoms with Gasteiger partial charge in [-0.15, -0.1) is 0 Å². The van der Waals surface area contributed by atoms with Crippen LogP contribution < -0.4 is 10.1 Å². The second-order valence-corrected chi connectivity index (χ2v) is 5.85. The maximum atomic E-state index is 12.3. The van der Waals surface area contributed by atoms with E-state index in [1.165, 1.54) is 0 Å². The van der Waals surface area contributed by atoms with Crippen molar-refractivity contribution in [1.82, 2.24) is 5.32 Å². The number of carbonyl (C=O) groups excluding carboxylic acids is 1. The molecule has 0 fully saturated rings. The maximum absolute atomic E-state index is 12.3. The number of methoxy groups -OCH3 is 1. The van der Waals surface area contributed by atoms with Crippen molar-refractivity contribution in [3.63, 3.8) is 0 Å². The first kappa shape index (κ1) is 15.4. The first-order valence-electron chi connectivity index (χ1n) is 7.29. The number of aryl methyl sites for hydroxylation is 1. The molecule has 2 aromatic rings. The van der Waals surface area contributed by atoms with E-state index in [1.54, 1.807) is 7.11 Å². The van der Waals surface area contributed by atoms with Gasteiger partial charge in [0.1, 0.15) is 11.3 Å². The topological polar surface area (TPSA) is 51.5 Å². The van der Waals surface area contributed by atoms with Crippen molar-refractivity contribution in [3.05, 3.63) is 29.5 Å². The van der Waals surface area contributed by atoms with Crippen LogP contribution in [0.1, 0.15) is 36.9 Å². The number of ether oxygens (including phenoxy) is 1. The third kappa shape index (κ3) is 3.20. The van der Waals surface area contributed by atoms with Crippen molar-refractivity contribution in [2.45, 2.75) is 27.7 Å². The molecule has 1 atom stereocenters. The maximum Gasteiger partial charge on any atom is 0.287 e. The lowest BCUT2D eigenvalue weighted by atomic mass is 9.98. The number of rotatable bonds is 5. The molecule has 1 N–H and O–H groups in total. The average molecular weight is 289 g/mol. The van der Waals surface area contributed by atoms with E-state index < -0.39 is 0 Å². The van der Waals surface area contributed by atoms with Gasteiger partial charge in [0, 0.05) is 17.5 Å². The number of amides is 1. The molecule has 4 heteroatoms. The molecule has 21 heavy (non-hydrogen) atoms. The summed E-state index contributed by atoms with van der Waals surface area (Å²) >= 11 is 0.